The summed E-state index contributed by atoms with van der Waals surface area (Å²) in [6, 6.07) is 1.95. The molecule has 2 N–H and O–H groups in total. The van der Waals surface area contributed by atoms with Gasteiger partial charge in [-0.05, 0) is 46.9 Å². The predicted octanol–water partition coefficient (Wildman–Crippen LogP) is 0.994. The Labute approximate surface area is 118 Å². The van der Waals surface area contributed by atoms with Crippen molar-refractivity contribution in [2.75, 3.05) is 20.1 Å². The average Bonchev–Trinajstić information content (AvgIpc) is 2.71. The first-order valence-electron chi connectivity index (χ1n) is 6.81. The largest absolute Gasteiger partial charge is 0.352 e. The molecule has 0 aliphatic heterocycles. The van der Waals surface area contributed by atoms with Crippen LogP contribution in [0.3, 0.4) is 0 Å². The molecule has 108 valence electrons. The number of fused-ring (bicyclic) bond motifs is 1. The van der Waals surface area contributed by atoms with Crippen LogP contribution in [-0.4, -0.2) is 40.6 Å². The lowest BCUT2D eigenvalue weighted by Gasteiger charge is -2.05. The summed E-state index contributed by atoms with van der Waals surface area (Å²) in [5.41, 5.74) is 3.77. The second kappa shape index (κ2) is 6.00. The van der Waals surface area contributed by atoms with Crippen molar-refractivity contribution >= 4 is 11.6 Å². The second-order valence-corrected chi connectivity index (χ2v) is 4.95. The third-order valence-corrected chi connectivity index (χ3v) is 3.19. The van der Waals surface area contributed by atoms with Gasteiger partial charge in [0.15, 0.2) is 5.65 Å². The highest BCUT2D eigenvalue weighted by atomic mass is 16.1. The molecule has 6 heteroatoms. The minimum Gasteiger partial charge on any atom is -0.352 e. The van der Waals surface area contributed by atoms with Gasteiger partial charge in [-0.3, -0.25) is 4.79 Å². The molecule has 0 fully saturated rings. The summed E-state index contributed by atoms with van der Waals surface area (Å²) >= 11 is 0. The van der Waals surface area contributed by atoms with Crippen LogP contribution < -0.4 is 10.6 Å². The Balaban J connectivity index is 2.29. The minimum atomic E-state index is -0.105. The van der Waals surface area contributed by atoms with E-state index in [4.69, 9.17) is 0 Å². The van der Waals surface area contributed by atoms with Crippen LogP contribution in [0, 0.1) is 20.8 Å². The average molecular weight is 275 g/mol. The zero-order valence-corrected chi connectivity index (χ0v) is 12.4. The molecule has 0 aliphatic carbocycles. The van der Waals surface area contributed by atoms with Crippen LogP contribution in [0.15, 0.2) is 6.07 Å². The molecule has 0 atom stereocenters. The Morgan fingerprint density at radius 2 is 2.05 bits per heavy atom. The lowest BCUT2D eigenvalue weighted by molar-refractivity contribution is 0.0954. The fraction of sp³-hybridized carbons (Fsp3) is 0.500. The van der Waals surface area contributed by atoms with Gasteiger partial charge in [0.05, 0.1) is 5.69 Å². The van der Waals surface area contributed by atoms with Crippen molar-refractivity contribution in [1.82, 2.24) is 25.2 Å². The number of aromatic nitrogens is 3. The highest BCUT2D eigenvalue weighted by molar-refractivity contribution is 6.01. The number of amides is 1. The van der Waals surface area contributed by atoms with E-state index in [-0.39, 0.29) is 5.91 Å². The number of rotatable bonds is 5. The predicted molar refractivity (Wildman–Crippen MR) is 78.1 cm³/mol. The van der Waals surface area contributed by atoms with Gasteiger partial charge in [-0.15, -0.1) is 0 Å². The molecule has 0 aliphatic rings. The van der Waals surface area contributed by atoms with Crippen LogP contribution in [0.4, 0.5) is 0 Å². The van der Waals surface area contributed by atoms with E-state index in [0.717, 1.165) is 24.4 Å². The van der Waals surface area contributed by atoms with Gasteiger partial charge in [-0.2, -0.15) is 5.10 Å². The number of nitrogens with one attached hydrogen (secondary N) is 2. The Morgan fingerprint density at radius 3 is 2.75 bits per heavy atom. The highest BCUT2D eigenvalue weighted by Crippen LogP contribution is 2.15. The molecule has 2 aromatic rings. The van der Waals surface area contributed by atoms with E-state index in [1.807, 2.05) is 33.9 Å². The molecule has 2 heterocycles. The van der Waals surface area contributed by atoms with Crippen LogP contribution >= 0.6 is 0 Å². The maximum Gasteiger partial charge on any atom is 0.257 e. The molecule has 0 bridgehead atoms. The third kappa shape index (κ3) is 2.80. The molecule has 1 amide bonds. The molecule has 0 radical (unpaired) electrons. The van der Waals surface area contributed by atoms with Gasteiger partial charge in [0.1, 0.15) is 5.56 Å². The fourth-order valence-corrected chi connectivity index (χ4v) is 2.25. The molecular formula is C14H21N5O. The molecule has 0 unspecified atom stereocenters. The molecule has 0 saturated heterocycles. The van der Waals surface area contributed by atoms with Crippen molar-refractivity contribution in [1.29, 1.82) is 0 Å². The van der Waals surface area contributed by atoms with Crippen molar-refractivity contribution in [2.45, 2.75) is 27.2 Å². The lowest BCUT2D eigenvalue weighted by atomic mass is 10.2. The van der Waals surface area contributed by atoms with Crippen LogP contribution in [0.5, 0.6) is 0 Å². The van der Waals surface area contributed by atoms with Gasteiger partial charge in [-0.1, -0.05) is 0 Å². The van der Waals surface area contributed by atoms with Gasteiger partial charge in [0.25, 0.3) is 5.91 Å². The normalized spacial score (nSPS) is 11.0. The minimum absolute atomic E-state index is 0.105. The monoisotopic (exact) mass is 275 g/mol. The van der Waals surface area contributed by atoms with Crippen LogP contribution in [0.2, 0.25) is 0 Å². The van der Waals surface area contributed by atoms with Gasteiger partial charge >= 0.3 is 0 Å². The van der Waals surface area contributed by atoms with Crippen molar-refractivity contribution in [3.05, 3.63) is 28.7 Å². The number of aryl methyl sites for hydroxylation is 3. The van der Waals surface area contributed by atoms with Gasteiger partial charge < -0.3 is 10.6 Å². The summed E-state index contributed by atoms with van der Waals surface area (Å²) in [7, 11) is 1.90. The summed E-state index contributed by atoms with van der Waals surface area (Å²) in [5.74, 6) is -0.105. The van der Waals surface area contributed by atoms with Gasteiger partial charge in [0, 0.05) is 17.9 Å². The number of hydrogen-bond acceptors (Lipinski definition) is 4. The zero-order valence-electron chi connectivity index (χ0n) is 12.4. The molecule has 0 spiro atoms. The van der Waals surface area contributed by atoms with E-state index in [1.165, 1.54) is 0 Å². The van der Waals surface area contributed by atoms with Gasteiger partial charge in [0.2, 0.25) is 0 Å². The third-order valence-electron chi connectivity index (χ3n) is 3.19. The summed E-state index contributed by atoms with van der Waals surface area (Å²) < 4.78 is 1.73. The molecular weight excluding hydrogens is 254 g/mol. The van der Waals surface area contributed by atoms with E-state index < -0.39 is 0 Å². The first-order chi connectivity index (χ1) is 9.54. The van der Waals surface area contributed by atoms with E-state index >= 15 is 0 Å². The first kappa shape index (κ1) is 14.5. The number of carbonyl (C=O) groups excluding carboxylic acids is 1. The summed E-state index contributed by atoms with van der Waals surface area (Å²) in [5, 5.41) is 10.4. The van der Waals surface area contributed by atoms with Crippen LogP contribution in [-0.2, 0) is 0 Å². The SMILES string of the molecule is CNCCCNC(=O)c1c(C)nn2c(C)cc(C)nc12. The highest BCUT2D eigenvalue weighted by Gasteiger charge is 2.19. The smallest absolute Gasteiger partial charge is 0.257 e. The van der Waals surface area contributed by atoms with Crippen molar-refractivity contribution in [2.24, 2.45) is 0 Å². The number of carbonyl (C=O) groups is 1. The first-order valence-corrected chi connectivity index (χ1v) is 6.81. The molecule has 2 aromatic heterocycles. The van der Waals surface area contributed by atoms with Crippen molar-refractivity contribution in [3.63, 3.8) is 0 Å². The zero-order chi connectivity index (χ0) is 14.7. The van der Waals surface area contributed by atoms with E-state index in [0.29, 0.717) is 23.4 Å². The lowest BCUT2D eigenvalue weighted by Crippen LogP contribution is -2.27. The summed E-state index contributed by atoms with van der Waals surface area (Å²) in [4.78, 5) is 16.8. The topological polar surface area (TPSA) is 71.3 Å². The quantitative estimate of drug-likeness (QED) is 0.798. The van der Waals surface area contributed by atoms with E-state index in [1.54, 1.807) is 4.52 Å². The van der Waals surface area contributed by atoms with E-state index in [2.05, 4.69) is 20.7 Å². The standard InChI is InChI=1S/C14H21N5O/c1-9-8-10(2)19-13(17-9)12(11(3)18-19)14(20)16-7-5-6-15-4/h8,15H,5-7H2,1-4H3,(H,16,20). The molecule has 2 rings (SSSR count). The van der Waals surface area contributed by atoms with Gasteiger partial charge in [-0.25, -0.2) is 9.50 Å². The molecule has 0 saturated carbocycles. The maximum absolute atomic E-state index is 12.3. The Kier molecular flexibility index (Phi) is 4.34. The summed E-state index contributed by atoms with van der Waals surface area (Å²) in [6.07, 6.45) is 0.895. The fourth-order valence-electron chi connectivity index (χ4n) is 2.25. The maximum atomic E-state index is 12.3. The molecule has 20 heavy (non-hydrogen) atoms. The number of hydrogen-bond donors (Lipinski definition) is 2. The van der Waals surface area contributed by atoms with Crippen molar-refractivity contribution < 1.29 is 4.79 Å². The van der Waals surface area contributed by atoms with Crippen LogP contribution in [0.1, 0.15) is 33.9 Å². The number of nitrogens with zero attached hydrogens (tertiary/aromatic N) is 3. The molecule has 0 aromatic carbocycles. The van der Waals surface area contributed by atoms with E-state index in [9.17, 15) is 4.79 Å². The Bertz CT molecular complexity index is 632. The summed E-state index contributed by atoms with van der Waals surface area (Å²) in [6.45, 7) is 7.24. The van der Waals surface area contributed by atoms with Crippen molar-refractivity contribution in [3.8, 4) is 0 Å². The Hall–Kier alpha value is -1.95. The second-order valence-electron chi connectivity index (χ2n) is 4.95. The molecule has 6 nitrogen and oxygen atoms in total. The Morgan fingerprint density at radius 1 is 1.30 bits per heavy atom. The van der Waals surface area contributed by atoms with Crippen LogP contribution in [0.25, 0.3) is 5.65 Å².